The molecule has 3 nitrogen and oxygen atoms in total. The van der Waals surface area contributed by atoms with Crippen LogP contribution in [0.15, 0.2) is 0 Å². The van der Waals surface area contributed by atoms with Gasteiger partial charge in [-0.2, -0.15) is 0 Å². The molecule has 1 N–H and O–H groups in total. The first kappa shape index (κ1) is 14.3. The molecule has 0 aromatic heterocycles. The third-order valence-corrected chi connectivity index (χ3v) is 4.67. The van der Waals surface area contributed by atoms with E-state index < -0.39 is 0 Å². The van der Waals surface area contributed by atoms with Crippen LogP contribution in [-0.2, 0) is 4.74 Å². The van der Waals surface area contributed by atoms with Crippen molar-refractivity contribution in [3.05, 3.63) is 0 Å². The monoisotopic (exact) mass is 254 g/mol. The summed E-state index contributed by atoms with van der Waals surface area (Å²) in [4.78, 5) is 2.70. The first-order valence-corrected chi connectivity index (χ1v) is 7.66. The quantitative estimate of drug-likeness (QED) is 0.814. The van der Waals surface area contributed by atoms with E-state index in [9.17, 15) is 0 Å². The minimum atomic E-state index is 0.446. The largest absolute Gasteiger partial charge is 0.381 e. The predicted octanol–water partition coefficient (Wildman–Crippen LogP) is 2.27. The van der Waals surface area contributed by atoms with Gasteiger partial charge in [0.05, 0.1) is 0 Å². The number of rotatable bonds is 5. The summed E-state index contributed by atoms with van der Waals surface area (Å²) in [5, 5.41) is 3.66. The molecule has 0 bridgehead atoms. The fourth-order valence-corrected chi connectivity index (χ4v) is 3.27. The molecule has 1 atom stereocenters. The molecule has 0 radical (unpaired) electrons. The molecule has 2 heterocycles. The van der Waals surface area contributed by atoms with Crippen LogP contribution in [0.5, 0.6) is 0 Å². The lowest BCUT2D eigenvalue weighted by Crippen LogP contribution is -2.49. The Morgan fingerprint density at radius 2 is 2.06 bits per heavy atom. The van der Waals surface area contributed by atoms with Crippen molar-refractivity contribution in [2.24, 2.45) is 5.41 Å². The number of nitrogens with zero attached hydrogens (tertiary/aromatic N) is 1. The molecule has 0 aromatic rings. The van der Waals surface area contributed by atoms with Gasteiger partial charge in [-0.05, 0) is 44.6 Å². The standard InChI is InChI=1S/C15H30N2O/c1-13(2)16-11-15(6-9-18-10-7-15)12-17-8-4-5-14(17)3/h13-14,16H,4-12H2,1-3H3. The van der Waals surface area contributed by atoms with Crippen LogP contribution >= 0.6 is 0 Å². The molecular weight excluding hydrogens is 224 g/mol. The van der Waals surface area contributed by atoms with Gasteiger partial charge in [-0.15, -0.1) is 0 Å². The maximum absolute atomic E-state index is 5.58. The van der Waals surface area contributed by atoms with Gasteiger partial charge in [0.2, 0.25) is 0 Å². The van der Waals surface area contributed by atoms with Crippen LogP contribution in [0, 0.1) is 5.41 Å². The van der Waals surface area contributed by atoms with Crippen molar-refractivity contribution >= 4 is 0 Å². The molecule has 0 amide bonds. The number of nitrogens with one attached hydrogen (secondary N) is 1. The summed E-state index contributed by atoms with van der Waals surface area (Å²) in [5.74, 6) is 0. The molecule has 0 spiro atoms. The molecule has 2 aliphatic heterocycles. The Balaban J connectivity index is 1.94. The van der Waals surface area contributed by atoms with Crippen molar-refractivity contribution in [2.75, 3.05) is 32.8 Å². The lowest BCUT2D eigenvalue weighted by Gasteiger charge is -2.42. The zero-order chi connectivity index (χ0) is 13.0. The van der Waals surface area contributed by atoms with Gasteiger partial charge in [0.1, 0.15) is 0 Å². The van der Waals surface area contributed by atoms with Gasteiger partial charge in [0, 0.05) is 38.4 Å². The van der Waals surface area contributed by atoms with Gasteiger partial charge >= 0.3 is 0 Å². The van der Waals surface area contributed by atoms with Gasteiger partial charge in [-0.1, -0.05) is 13.8 Å². The first-order chi connectivity index (χ1) is 8.61. The zero-order valence-electron chi connectivity index (χ0n) is 12.4. The van der Waals surface area contributed by atoms with Crippen LogP contribution < -0.4 is 5.32 Å². The van der Waals surface area contributed by atoms with Crippen molar-refractivity contribution in [3.8, 4) is 0 Å². The highest BCUT2D eigenvalue weighted by Crippen LogP contribution is 2.33. The summed E-state index contributed by atoms with van der Waals surface area (Å²) in [7, 11) is 0. The van der Waals surface area contributed by atoms with Crippen molar-refractivity contribution in [3.63, 3.8) is 0 Å². The summed E-state index contributed by atoms with van der Waals surface area (Å²) in [5.41, 5.74) is 0.446. The van der Waals surface area contributed by atoms with Crippen LogP contribution in [0.1, 0.15) is 46.5 Å². The van der Waals surface area contributed by atoms with Gasteiger partial charge in [0.25, 0.3) is 0 Å². The molecule has 2 fully saturated rings. The summed E-state index contributed by atoms with van der Waals surface area (Å²) in [6.45, 7) is 12.5. The van der Waals surface area contributed by atoms with E-state index >= 15 is 0 Å². The van der Waals surface area contributed by atoms with Crippen molar-refractivity contribution < 1.29 is 4.74 Å². The number of hydrogen-bond donors (Lipinski definition) is 1. The second-order valence-corrected chi connectivity index (χ2v) is 6.61. The van der Waals surface area contributed by atoms with Crippen LogP contribution in [0.4, 0.5) is 0 Å². The number of ether oxygens (including phenoxy) is 1. The Bertz CT molecular complexity index is 249. The molecule has 1 unspecified atom stereocenters. The highest BCUT2D eigenvalue weighted by Gasteiger charge is 2.36. The molecule has 0 saturated carbocycles. The van der Waals surface area contributed by atoms with Crippen molar-refractivity contribution in [1.82, 2.24) is 10.2 Å². The Morgan fingerprint density at radius 3 is 2.61 bits per heavy atom. The Labute approximate surface area is 112 Å². The van der Waals surface area contributed by atoms with E-state index in [1.807, 2.05) is 0 Å². The Hall–Kier alpha value is -0.120. The van der Waals surface area contributed by atoms with Crippen LogP contribution in [0.2, 0.25) is 0 Å². The van der Waals surface area contributed by atoms with Gasteiger partial charge in [0.15, 0.2) is 0 Å². The molecule has 106 valence electrons. The average molecular weight is 254 g/mol. The Kier molecular flexibility index (Phi) is 5.05. The molecule has 2 aliphatic rings. The third-order valence-electron chi connectivity index (χ3n) is 4.67. The fourth-order valence-electron chi connectivity index (χ4n) is 3.27. The van der Waals surface area contributed by atoms with Crippen LogP contribution in [-0.4, -0.2) is 49.8 Å². The summed E-state index contributed by atoms with van der Waals surface area (Å²) >= 11 is 0. The smallest absolute Gasteiger partial charge is 0.0472 e. The SMILES string of the molecule is CC(C)NCC1(CN2CCCC2C)CCOCC1. The maximum Gasteiger partial charge on any atom is 0.0472 e. The van der Waals surface area contributed by atoms with E-state index in [4.69, 9.17) is 4.74 Å². The highest BCUT2D eigenvalue weighted by molar-refractivity contribution is 4.90. The normalized spacial score (nSPS) is 29.0. The Morgan fingerprint density at radius 1 is 1.33 bits per heavy atom. The minimum Gasteiger partial charge on any atom is -0.381 e. The molecule has 0 aromatic carbocycles. The molecule has 2 saturated heterocycles. The van der Waals surface area contributed by atoms with Crippen LogP contribution in [0.3, 0.4) is 0 Å². The van der Waals surface area contributed by atoms with E-state index in [0.29, 0.717) is 11.5 Å². The summed E-state index contributed by atoms with van der Waals surface area (Å²) in [6, 6.07) is 1.37. The van der Waals surface area contributed by atoms with Crippen molar-refractivity contribution in [1.29, 1.82) is 0 Å². The summed E-state index contributed by atoms with van der Waals surface area (Å²) in [6.07, 6.45) is 5.20. The highest BCUT2D eigenvalue weighted by atomic mass is 16.5. The molecule has 2 rings (SSSR count). The van der Waals surface area contributed by atoms with Gasteiger partial charge in [-0.3, -0.25) is 0 Å². The molecule has 18 heavy (non-hydrogen) atoms. The second kappa shape index (κ2) is 6.36. The average Bonchev–Trinajstić information content (AvgIpc) is 2.74. The zero-order valence-corrected chi connectivity index (χ0v) is 12.4. The lowest BCUT2D eigenvalue weighted by atomic mass is 9.79. The number of hydrogen-bond acceptors (Lipinski definition) is 3. The van der Waals surface area contributed by atoms with Crippen molar-refractivity contribution in [2.45, 2.75) is 58.5 Å². The molecule has 3 heteroatoms. The van der Waals surface area contributed by atoms with Gasteiger partial charge < -0.3 is 15.0 Å². The molecule has 0 aliphatic carbocycles. The van der Waals surface area contributed by atoms with E-state index in [1.165, 1.54) is 38.8 Å². The fraction of sp³-hybridized carbons (Fsp3) is 1.00. The number of likely N-dealkylation sites (tertiary alicyclic amines) is 1. The first-order valence-electron chi connectivity index (χ1n) is 7.66. The topological polar surface area (TPSA) is 24.5 Å². The van der Waals surface area contributed by atoms with E-state index in [2.05, 4.69) is 31.0 Å². The third kappa shape index (κ3) is 3.69. The minimum absolute atomic E-state index is 0.446. The van der Waals surface area contributed by atoms with E-state index in [-0.39, 0.29) is 0 Å². The van der Waals surface area contributed by atoms with Gasteiger partial charge in [-0.25, -0.2) is 0 Å². The second-order valence-electron chi connectivity index (χ2n) is 6.61. The maximum atomic E-state index is 5.58. The van der Waals surface area contributed by atoms with E-state index in [1.54, 1.807) is 0 Å². The summed E-state index contributed by atoms with van der Waals surface area (Å²) < 4.78 is 5.58. The predicted molar refractivity (Wildman–Crippen MR) is 75.9 cm³/mol. The van der Waals surface area contributed by atoms with E-state index in [0.717, 1.165) is 25.8 Å². The van der Waals surface area contributed by atoms with Crippen LogP contribution in [0.25, 0.3) is 0 Å². The molecular formula is C15H30N2O. The lowest BCUT2D eigenvalue weighted by molar-refractivity contribution is -0.00631.